The van der Waals surface area contributed by atoms with Crippen molar-refractivity contribution in [2.75, 3.05) is 25.6 Å². The fourth-order valence-corrected chi connectivity index (χ4v) is 4.63. The van der Waals surface area contributed by atoms with Gasteiger partial charge in [-0.2, -0.15) is 0 Å². The summed E-state index contributed by atoms with van der Waals surface area (Å²) in [5, 5.41) is 5.09. The van der Waals surface area contributed by atoms with Crippen molar-refractivity contribution in [1.82, 2.24) is 4.90 Å². The predicted octanol–water partition coefficient (Wildman–Crippen LogP) is 3.36. The van der Waals surface area contributed by atoms with E-state index in [9.17, 15) is 14.4 Å². The summed E-state index contributed by atoms with van der Waals surface area (Å²) in [5.41, 5.74) is 1.22. The summed E-state index contributed by atoms with van der Waals surface area (Å²) in [6.45, 7) is 2.77. The molecular formula is C17H18N2O5S2. The number of carbonyl (C=O) groups excluding carboxylic acids is 3. The lowest BCUT2D eigenvalue weighted by Crippen LogP contribution is -2.35. The third-order valence-corrected chi connectivity index (χ3v) is 5.94. The Kier molecular flexibility index (Phi) is 5.58. The van der Waals surface area contributed by atoms with Crippen LogP contribution in [0.3, 0.4) is 0 Å². The number of rotatable bonds is 4. The van der Waals surface area contributed by atoms with Crippen molar-refractivity contribution in [3.63, 3.8) is 0 Å². The SMILES string of the molecule is CCOC(=O)c1c(NC(=O)c2cccs2)sc2c1CCN(C(=O)OC)C2. The molecule has 1 aliphatic rings. The van der Waals surface area contributed by atoms with Crippen molar-refractivity contribution in [1.29, 1.82) is 0 Å². The Balaban J connectivity index is 1.93. The molecule has 2 aromatic heterocycles. The van der Waals surface area contributed by atoms with Crippen molar-refractivity contribution < 1.29 is 23.9 Å². The van der Waals surface area contributed by atoms with E-state index in [1.165, 1.54) is 29.8 Å². The fraction of sp³-hybridized carbons (Fsp3) is 0.353. The van der Waals surface area contributed by atoms with Crippen molar-refractivity contribution in [3.8, 4) is 0 Å². The van der Waals surface area contributed by atoms with E-state index in [4.69, 9.17) is 9.47 Å². The summed E-state index contributed by atoms with van der Waals surface area (Å²) in [6, 6.07) is 3.51. The van der Waals surface area contributed by atoms with Gasteiger partial charge in [-0.25, -0.2) is 9.59 Å². The second kappa shape index (κ2) is 7.88. The zero-order chi connectivity index (χ0) is 18.7. The molecule has 1 aliphatic heterocycles. The molecule has 0 atom stereocenters. The Hall–Kier alpha value is -2.39. The Labute approximate surface area is 158 Å². The second-order valence-corrected chi connectivity index (χ2v) is 7.55. The molecule has 1 N–H and O–H groups in total. The molecule has 9 heteroatoms. The zero-order valence-electron chi connectivity index (χ0n) is 14.4. The number of carbonyl (C=O) groups is 3. The third kappa shape index (κ3) is 3.58. The first kappa shape index (κ1) is 18.4. The van der Waals surface area contributed by atoms with Crippen LogP contribution in [0.4, 0.5) is 9.80 Å². The van der Waals surface area contributed by atoms with Crippen LogP contribution in [0.5, 0.6) is 0 Å². The first-order valence-electron chi connectivity index (χ1n) is 8.04. The van der Waals surface area contributed by atoms with Gasteiger partial charge in [-0.1, -0.05) is 6.07 Å². The van der Waals surface area contributed by atoms with E-state index < -0.39 is 12.1 Å². The maximum Gasteiger partial charge on any atom is 0.409 e. The lowest BCUT2D eigenvalue weighted by molar-refractivity contribution is 0.0526. The minimum Gasteiger partial charge on any atom is -0.462 e. The van der Waals surface area contributed by atoms with Crippen LogP contribution in [0.2, 0.25) is 0 Å². The molecule has 0 saturated heterocycles. The maximum atomic E-state index is 12.5. The molecule has 7 nitrogen and oxygen atoms in total. The molecule has 3 heterocycles. The van der Waals surface area contributed by atoms with Crippen molar-refractivity contribution in [2.45, 2.75) is 19.9 Å². The minimum atomic E-state index is -0.460. The van der Waals surface area contributed by atoms with E-state index in [0.717, 1.165) is 10.4 Å². The highest BCUT2D eigenvalue weighted by Crippen LogP contribution is 2.38. The van der Waals surface area contributed by atoms with E-state index in [1.54, 1.807) is 24.0 Å². The standard InChI is InChI=1S/C17H18N2O5S2/c1-3-24-16(21)13-10-6-7-19(17(22)23-2)9-12(10)26-15(13)18-14(20)11-5-4-8-25-11/h4-5,8H,3,6-7,9H2,1-2H3,(H,18,20). The molecule has 0 aliphatic carbocycles. The van der Waals surface area contributed by atoms with Gasteiger partial charge >= 0.3 is 12.1 Å². The molecule has 0 spiro atoms. The van der Waals surface area contributed by atoms with Gasteiger partial charge in [-0.05, 0) is 30.4 Å². The van der Waals surface area contributed by atoms with Crippen LogP contribution in [-0.4, -0.2) is 43.1 Å². The van der Waals surface area contributed by atoms with Gasteiger partial charge in [0.05, 0.1) is 30.7 Å². The van der Waals surface area contributed by atoms with Crippen molar-refractivity contribution in [2.24, 2.45) is 0 Å². The van der Waals surface area contributed by atoms with E-state index in [1.807, 2.05) is 5.38 Å². The van der Waals surface area contributed by atoms with Crippen LogP contribution in [-0.2, 0) is 22.4 Å². The van der Waals surface area contributed by atoms with Crippen LogP contribution in [0.15, 0.2) is 17.5 Å². The van der Waals surface area contributed by atoms with Gasteiger partial charge in [0.2, 0.25) is 0 Å². The van der Waals surface area contributed by atoms with E-state index in [-0.39, 0.29) is 12.5 Å². The average molecular weight is 394 g/mol. The number of nitrogens with zero attached hydrogens (tertiary/aromatic N) is 1. The van der Waals surface area contributed by atoms with Gasteiger partial charge < -0.3 is 19.7 Å². The van der Waals surface area contributed by atoms with E-state index in [0.29, 0.717) is 35.0 Å². The molecule has 2 aromatic rings. The summed E-state index contributed by atoms with van der Waals surface area (Å²) in [7, 11) is 1.34. The number of anilines is 1. The van der Waals surface area contributed by atoms with Gasteiger partial charge in [0.25, 0.3) is 5.91 Å². The Bertz CT molecular complexity index is 829. The van der Waals surface area contributed by atoms with E-state index >= 15 is 0 Å². The second-order valence-electron chi connectivity index (χ2n) is 5.50. The molecule has 2 amide bonds. The van der Waals surface area contributed by atoms with Gasteiger partial charge in [0.15, 0.2) is 0 Å². The molecule has 138 valence electrons. The quantitative estimate of drug-likeness (QED) is 0.804. The lowest BCUT2D eigenvalue weighted by Gasteiger charge is -2.25. The molecule has 3 rings (SSSR count). The topological polar surface area (TPSA) is 84.9 Å². The molecule has 0 fully saturated rings. The predicted molar refractivity (Wildman–Crippen MR) is 99.1 cm³/mol. The van der Waals surface area contributed by atoms with Crippen molar-refractivity contribution in [3.05, 3.63) is 38.4 Å². The van der Waals surface area contributed by atoms with Crippen LogP contribution in [0.25, 0.3) is 0 Å². The highest BCUT2D eigenvalue weighted by Gasteiger charge is 2.31. The summed E-state index contributed by atoms with van der Waals surface area (Å²) >= 11 is 2.62. The van der Waals surface area contributed by atoms with Crippen LogP contribution in [0.1, 0.15) is 37.4 Å². The molecule has 26 heavy (non-hydrogen) atoms. The van der Waals surface area contributed by atoms with Gasteiger partial charge in [0, 0.05) is 11.4 Å². The summed E-state index contributed by atoms with van der Waals surface area (Å²) < 4.78 is 9.95. The van der Waals surface area contributed by atoms with Crippen molar-refractivity contribution >= 4 is 45.6 Å². The third-order valence-electron chi connectivity index (χ3n) is 3.94. The first-order valence-corrected chi connectivity index (χ1v) is 9.74. The average Bonchev–Trinajstić information content (AvgIpc) is 3.28. The number of hydrogen-bond acceptors (Lipinski definition) is 7. The molecule has 0 bridgehead atoms. The lowest BCUT2D eigenvalue weighted by atomic mass is 10.0. The smallest absolute Gasteiger partial charge is 0.409 e. The number of amides is 2. The molecule has 0 saturated carbocycles. The number of esters is 1. The Morgan fingerprint density at radius 3 is 2.81 bits per heavy atom. The fourth-order valence-electron chi connectivity index (χ4n) is 2.77. The first-order chi connectivity index (χ1) is 12.5. The molecule has 0 unspecified atom stereocenters. The normalized spacial score (nSPS) is 13.1. The Morgan fingerprint density at radius 2 is 2.15 bits per heavy atom. The number of nitrogens with one attached hydrogen (secondary N) is 1. The molecular weight excluding hydrogens is 376 g/mol. The number of thiophene rings is 2. The maximum absolute atomic E-state index is 12.5. The number of hydrogen-bond donors (Lipinski definition) is 1. The van der Waals surface area contributed by atoms with Gasteiger partial charge in [-0.15, -0.1) is 22.7 Å². The van der Waals surface area contributed by atoms with Crippen LogP contribution < -0.4 is 5.32 Å². The Morgan fingerprint density at radius 1 is 1.35 bits per heavy atom. The molecule has 0 aromatic carbocycles. The summed E-state index contributed by atoms with van der Waals surface area (Å²) in [6.07, 6.45) is 0.0927. The number of fused-ring (bicyclic) bond motifs is 1. The number of ether oxygens (including phenoxy) is 2. The highest BCUT2D eigenvalue weighted by molar-refractivity contribution is 7.17. The minimum absolute atomic E-state index is 0.246. The largest absolute Gasteiger partial charge is 0.462 e. The van der Waals surface area contributed by atoms with Gasteiger partial charge in [-0.3, -0.25) is 4.79 Å². The van der Waals surface area contributed by atoms with Crippen LogP contribution >= 0.6 is 22.7 Å². The van der Waals surface area contributed by atoms with Crippen LogP contribution in [0, 0.1) is 0 Å². The number of methoxy groups -OCH3 is 1. The summed E-state index contributed by atoms with van der Waals surface area (Å²) in [5.74, 6) is -0.730. The molecule has 0 radical (unpaired) electrons. The van der Waals surface area contributed by atoms with Gasteiger partial charge in [0.1, 0.15) is 5.00 Å². The van der Waals surface area contributed by atoms with E-state index in [2.05, 4.69) is 5.32 Å². The summed E-state index contributed by atoms with van der Waals surface area (Å²) in [4.78, 5) is 39.6. The monoisotopic (exact) mass is 394 g/mol. The zero-order valence-corrected chi connectivity index (χ0v) is 16.0. The highest BCUT2D eigenvalue weighted by atomic mass is 32.1.